The summed E-state index contributed by atoms with van der Waals surface area (Å²) in [6.07, 6.45) is 8.94. The van der Waals surface area contributed by atoms with Gasteiger partial charge in [0.1, 0.15) is 24.0 Å². The zero-order chi connectivity index (χ0) is 24.4. The third-order valence-corrected chi connectivity index (χ3v) is 7.05. The van der Waals surface area contributed by atoms with E-state index in [0.29, 0.717) is 11.7 Å². The van der Waals surface area contributed by atoms with E-state index in [1.807, 2.05) is 38.5 Å². The summed E-state index contributed by atoms with van der Waals surface area (Å²) < 4.78 is 0. The number of hydrogen-bond donors (Lipinski definition) is 3. The molecule has 7 nitrogen and oxygen atoms in total. The highest BCUT2D eigenvalue weighted by Crippen LogP contribution is 2.35. The number of hydrogen-bond acceptors (Lipinski definition) is 7. The van der Waals surface area contributed by atoms with Gasteiger partial charge in [-0.2, -0.15) is 0 Å². The summed E-state index contributed by atoms with van der Waals surface area (Å²) in [4.78, 5) is 23.7. The molecule has 1 aromatic carbocycles. The number of carbonyl (C=O) groups is 1. The first-order chi connectivity index (χ1) is 17.1. The van der Waals surface area contributed by atoms with Gasteiger partial charge >= 0.3 is 0 Å². The van der Waals surface area contributed by atoms with Crippen LogP contribution in [0.25, 0.3) is 17.3 Å². The number of anilines is 3. The average molecular weight is 469 g/mol. The largest absolute Gasteiger partial charge is 0.378 e. The van der Waals surface area contributed by atoms with Crippen LogP contribution >= 0.6 is 0 Å². The second-order valence-electron chi connectivity index (χ2n) is 9.44. The van der Waals surface area contributed by atoms with Gasteiger partial charge in [-0.3, -0.25) is 0 Å². The quantitative estimate of drug-likeness (QED) is 0.446. The molecule has 3 aromatic rings. The lowest BCUT2D eigenvalue weighted by Gasteiger charge is -2.29. The molecule has 35 heavy (non-hydrogen) atoms. The Morgan fingerprint density at radius 1 is 1.11 bits per heavy atom. The Bertz CT molecular complexity index is 1250. The van der Waals surface area contributed by atoms with Crippen LogP contribution < -0.4 is 16.0 Å². The summed E-state index contributed by atoms with van der Waals surface area (Å²) in [5.74, 6) is 2.13. The molecule has 2 aliphatic heterocycles. The predicted molar refractivity (Wildman–Crippen MR) is 142 cm³/mol. The van der Waals surface area contributed by atoms with Crippen molar-refractivity contribution in [2.24, 2.45) is 0 Å². The number of aromatic nitrogens is 2. The highest BCUT2D eigenvalue weighted by atomic mass is 16.1. The van der Waals surface area contributed by atoms with Crippen LogP contribution in [0.15, 0.2) is 48.8 Å². The van der Waals surface area contributed by atoms with E-state index in [0.717, 1.165) is 58.8 Å². The van der Waals surface area contributed by atoms with E-state index in [-0.39, 0.29) is 0 Å². The van der Waals surface area contributed by atoms with E-state index < -0.39 is 6.04 Å². The number of nitrogens with one attached hydrogen (secondary N) is 3. The molecule has 3 N–H and O–H groups in total. The zero-order valence-corrected chi connectivity index (χ0v) is 20.5. The molecule has 5 rings (SSSR count). The van der Waals surface area contributed by atoms with Crippen LogP contribution in [0.3, 0.4) is 0 Å². The topological polar surface area (TPSA) is 82.2 Å². The van der Waals surface area contributed by atoms with Crippen molar-refractivity contribution >= 4 is 29.7 Å². The van der Waals surface area contributed by atoms with E-state index in [1.54, 1.807) is 0 Å². The summed E-state index contributed by atoms with van der Waals surface area (Å²) in [6.45, 7) is 4.31. The molecule has 0 radical (unpaired) electrons. The lowest BCUT2D eigenvalue weighted by atomic mass is 9.89. The van der Waals surface area contributed by atoms with Gasteiger partial charge in [0, 0.05) is 30.1 Å². The molecule has 0 spiro atoms. The first-order valence-electron chi connectivity index (χ1n) is 12.2. The number of nitrogens with zero attached hydrogens (tertiary/aromatic N) is 3. The van der Waals surface area contributed by atoms with Crippen molar-refractivity contribution < 1.29 is 4.79 Å². The van der Waals surface area contributed by atoms with E-state index in [1.165, 1.54) is 18.4 Å². The molecule has 0 saturated carbocycles. The number of carbonyl (C=O) groups excluding carboxylic acids is 1. The number of aldehydes is 1. The van der Waals surface area contributed by atoms with Gasteiger partial charge in [0.2, 0.25) is 0 Å². The van der Waals surface area contributed by atoms with Crippen molar-refractivity contribution in [2.45, 2.75) is 31.7 Å². The maximum Gasteiger partial charge on any atom is 0.146 e. The standard InChI is InChI=1S/C28H32N6O/c1-18-14-22(16-31-27(18)29-2)24-15-21-8-11-30-25(17-35)26(21)28(33-24)32-23-6-4-19(5-7-23)20-9-12-34(3)13-10-20/h4-8,11,14-17,20,25,30H,9-10,12-13H2,1-3H3,(H,29,31)(H,32,33). The van der Waals surface area contributed by atoms with Crippen LogP contribution in [0.4, 0.5) is 17.3 Å². The fourth-order valence-corrected chi connectivity index (χ4v) is 5.01. The van der Waals surface area contributed by atoms with Crippen LogP contribution in [-0.2, 0) is 4.79 Å². The average Bonchev–Trinajstić information content (AvgIpc) is 2.89. The molecule has 0 bridgehead atoms. The van der Waals surface area contributed by atoms with Gasteiger partial charge in [0.25, 0.3) is 0 Å². The zero-order valence-electron chi connectivity index (χ0n) is 20.5. The number of rotatable bonds is 6. The minimum atomic E-state index is -0.455. The molecule has 180 valence electrons. The summed E-state index contributed by atoms with van der Waals surface area (Å²) >= 11 is 0. The Morgan fingerprint density at radius 2 is 1.89 bits per heavy atom. The molecule has 2 aliphatic rings. The number of aryl methyl sites for hydroxylation is 1. The summed E-state index contributed by atoms with van der Waals surface area (Å²) in [6, 6.07) is 12.3. The minimum Gasteiger partial charge on any atom is -0.378 e. The summed E-state index contributed by atoms with van der Waals surface area (Å²) in [5.41, 5.74) is 6.94. The number of fused-ring (bicyclic) bond motifs is 1. The van der Waals surface area contributed by atoms with Gasteiger partial charge in [-0.15, -0.1) is 0 Å². The fraction of sp³-hybridized carbons (Fsp3) is 0.321. The number of pyridine rings is 2. The van der Waals surface area contributed by atoms with Gasteiger partial charge in [-0.05, 0) is 99.1 Å². The van der Waals surface area contributed by atoms with Crippen molar-refractivity contribution in [3.05, 3.63) is 71.0 Å². The van der Waals surface area contributed by atoms with Gasteiger partial charge in [-0.1, -0.05) is 12.1 Å². The van der Waals surface area contributed by atoms with Crippen molar-refractivity contribution in [3.8, 4) is 11.3 Å². The fourth-order valence-electron chi connectivity index (χ4n) is 5.01. The predicted octanol–water partition coefficient (Wildman–Crippen LogP) is 4.86. The monoisotopic (exact) mass is 468 g/mol. The third-order valence-electron chi connectivity index (χ3n) is 7.05. The maximum absolute atomic E-state index is 11.9. The Kier molecular flexibility index (Phi) is 6.51. The molecule has 1 saturated heterocycles. The Labute approximate surface area is 206 Å². The molecule has 2 aromatic heterocycles. The Balaban J connectivity index is 1.48. The number of benzene rings is 1. The molecule has 1 fully saturated rings. The Hall–Kier alpha value is -3.71. The molecular weight excluding hydrogens is 436 g/mol. The van der Waals surface area contributed by atoms with Crippen LogP contribution in [0.1, 0.15) is 47.1 Å². The molecule has 0 aliphatic carbocycles. The van der Waals surface area contributed by atoms with Gasteiger partial charge in [0.05, 0.1) is 5.69 Å². The van der Waals surface area contributed by atoms with Crippen molar-refractivity contribution in [2.75, 3.05) is 37.8 Å². The van der Waals surface area contributed by atoms with E-state index in [2.05, 4.69) is 63.2 Å². The van der Waals surface area contributed by atoms with Crippen LogP contribution in [0.2, 0.25) is 0 Å². The van der Waals surface area contributed by atoms with E-state index in [9.17, 15) is 4.79 Å². The second kappa shape index (κ2) is 9.88. The second-order valence-corrected chi connectivity index (χ2v) is 9.44. The smallest absolute Gasteiger partial charge is 0.146 e. The molecule has 0 amide bonds. The van der Waals surface area contributed by atoms with E-state index >= 15 is 0 Å². The molecule has 4 heterocycles. The SMILES string of the molecule is CNc1ncc(-c2cc3c(c(Nc4ccc(C5CCN(C)CC5)cc4)n2)C(C=O)NC=C3)cc1C. The number of likely N-dealkylation sites (tertiary alicyclic amines) is 1. The third kappa shape index (κ3) is 4.77. The summed E-state index contributed by atoms with van der Waals surface area (Å²) in [7, 11) is 4.05. The Morgan fingerprint density at radius 3 is 2.57 bits per heavy atom. The lowest BCUT2D eigenvalue weighted by Crippen LogP contribution is -2.29. The maximum atomic E-state index is 11.9. The van der Waals surface area contributed by atoms with Crippen molar-refractivity contribution in [3.63, 3.8) is 0 Å². The molecular formula is C28H32N6O. The lowest BCUT2D eigenvalue weighted by molar-refractivity contribution is -0.109. The van der Waals surface area contributed by atoms with Gasteiger partial charge < -0.3 is 25.6 Å². The normalized spacial score (nSPS) is 18.0. The van der Waals surface area contributed by atoms with Crippen LogP contribution in [-0.4, -0.2) is 48.3 Å². The summed E-state index contributed by atoms with van der Waals surface area (Å²) in [5, 5.41) is 9.74. The number of piperidine rings is 1. The molecule has 7 heteroatoms. The first-order valence-corrected chi connectivity index (χ1v) is 12.2. The van der Waals surface area contributed by atoms with Crippen molar-refractivity contribution in [1.82, 2.24) is 20.2 Å². The first kappa shape index (κ1) is 23.1. The van der Waals surface area contributed by atoms with Gasteiger partial charge in [-0.25, -0.2) is 9.97 Å². The molecule has 1 unspecified atom stereocenters. The van der Waals surface area contributed by atoms with Crippen LogP contribution in [0, 0.1) is 6.92 Å². The van der Waals surface area contributed by atoms with Crippen molar-refractivity contribution in [1.29, 1.82) is 0 Å². The highest BCUT2D eigenvalue weighted by molar-refractivity contribution is 5.80. The minimum absolute atomic E-state index is 0.455. The highest BCUT2D eigenvalue weighted by Gasteiger charge is 2.23. The molecule has 1 atom stereocenters. The van der Waals surface area contributed by atoms with Crippen LogP contribution in [0.5, 0.6) is 0 Å². The van der Waals surface area contributed by atoms with E-state index in [4.69, 9.17) is 4.98 Å². The van der Waals surface area contributed by atoms with Gasteiger partial charge in [0.15, 0.2) is 0 Å².